The van der Waals surface area contributed by atoms with Crippen molar-refractivity contribution in [2.45, 2.75) is 68.6 Å². The third-order valence-corrected chi connectivity index (χ3v) is 17.6. The highest BCUT2D eigenvalue weighted by Crippen LogP contribution is 2.76. The van der Waals surface area contributed by atoms with Crippen molar-refractivity contribution in [1.29, 1.82) is 0 Å². The van der Waals surface area contributed by atoms with Crippen LogP contribution in [0.15, 0.2) is 206 Å². The summed E-state index contributed by atoms with van der Waals surface area (Å²) >= 11 is 0. The Kier molecular flexibility index (Phi) is 8.55. The third-order valence-electron chi connectivity index (χ3n) is 17.6. The van der Waals surface area contributed by atoms with Gasteiger partial charge in [-0.3, -0.25) is 0 Å². The van der Waals surface area contributed by atoms with Crippen molar-refractivity contribution in [2.75, 3.05) is 0 Å². The van der Waals surface area contributed by atoms with E-state index in [4.69, 9.17) is 0 Å². The molecule has 2 fully saturated rings. The van der Waals surface area contributed by atoms with Gasteiger partial charge < -0.3 is 0 Å². The minimum Gasteiger partial charge on any atom is -0.0645 e. The Morgan fingerprint density at radius 1 is 0.477 bits per heavy atom. The first-order chi connectivity index (χ1) is 31.9. The SMILES string of the molecule is CCC1(c2ccc(-c3cc4c5ccccc5c5ccccc5c4c4ccccc34)cc2)CC(C)(c2ccccc2)C(C)C2(c3ccccc3C3Cc4ccccc4-c4ccccc43)CC12. The first-order valence-electron chi connectivity index (χ1n) is 24.1. The molecular formula is C65H54. The van der Waals surface area contributed by atoms with Crippen LogP contribution in [0.2, 0.25) is 0 Å². The van der Waals surface area contributed by atoms with Crippen molar-refractivity contribution in [3.63, 3.8) is 0 Å². The molecule has 0 aromatic heterocycles. The largest absolute Gasteiger partial charge is 0.0645 e. The average molecular weight is 835 g/mol. The molecule has 0 spiro atoms. The molecule has 0 saturated heterocycles. The van der Waals surface area contributed by atoms with E-state index in [1.54, 1.807) is 5.56 Å². The topological polar surface area (TPSA) is 0 Å². The molecule has 0 heteroatoms. The minimum absolute atomic E-state index is 0.000382. The van der Waals surface area contributed by atoms with Gasteiger partial charge in [0.1, 0.15) is 0 Å². The molecule has 6 unspecified atom stereocenters. The van der Waals surface area contributed by atoms with Gasteiger partial charge in [-0.2, -0.15) is 0 Å². The monoisotopic (exact) mass is 834 g/mol. The van der Waals surface area contributed by atoms with Gasteiger partial charge in [0.05, 0.1) is 0 Å². The lowest BCUT2D eigenvalue weighted by Crippen LogP contribution is -2.52. The second kappa shape index (κ2) is 14.4. The van der Waals surface area contributed by atoms with Crippen LogP contribution in [0.25, 0.3) is 65.3 Å². The van der Waals surface area contributed by atoms with E-state index in [-0.39, 0.29) is 16.2 Å². The lowest BCUT2D eigenvalue weighted by atomic mass is 9.49. The summed E-state index contributed by atoms with van der Waals surface area (Å²) in [6, 6.07) is 79.2. The van der Waals surface area contributed by atoms with Crippen LogP contribution < -0.4 is 0 Å². The molecule has 3 aliphatic rings. The zero-order valence-electron chi connectivity index (χ0n) is 37.7. The Hall–Kier alpha value is -6.76. The van der Waals surface area contributed by atoms with Gasteiger partial charge in [-0.25, -0.2) is 0 Å². The summed E-state index contributed by atoms with van der Waals surface area (Å²) in [5, 5.41) is 10.6. The number of hydrogen-bond donors (Lipinski definition) is 0. The molecule has 0 nitrogen and oxygen atoms in total. The summed E-state index contributed by atoms with van der Waals surface area (Å²) in [6.07, 6.45) is 4.48. The maximum absolute atomic E-state index is 2.62. The highest BCUT2D eigenvalue weighted by molar-refractivity contribution is 6.33. The molecule has 0 bridgehead atoms. The number of benzene rings is 10. The molecule has 65 heavy (non-hydrogen) atoms. The van der Waals surface area contributed by atoms with Crippen molar-refractivity contribution in [3.05, 3.63) is 240 Å². The Labute approximate surface area is 383 Å². The Balaban J connectivity index is 0.975. The van der Waals surface area contributed by atoms with Crippen molar-refractivity contribution in [1.82, 2.24) is 0 Å². The smallest absolute Gasteiger partial charge is 0.0139 e. The summed E-state index contributed by atoms with van der Waals surface area (Å²) in [5.74, 6) is 1.29. The third kappa shape index (κ3) is 5.44. The molecule has 0 N–H and O–H groups in total. The second-order valence-electron chi connectivity index (χ2n) is 20.1. The van der Waals surface area contributed by atoms with E-state index in [1.165, 1.54) is 99.6 Å². The molecule has 0 amide bonds. The molecule has 0 aliphatic heterocycles. The molecule has 13 rings (SSSR count). The van der Waals surface area contributed by atoms with Gasteiger partial charge in [0.2, 0.25) is 0 Å². The van der Waals surface area contributed by atoms with Gasteiger partial charge >= 0.3 is 0 Å². The van der Waals surface area contributed by atoms with Crippen LogP contribution in [-0.4, -0.2) is 0 Å². The Morgan fingerprint density at radius 2 is 1.03 bits per heavy atom. The van der Waals surface area contributed by atoms with E-state index in [2.05, 4.69) is 227 Å². The van der Waals surface area contributed by atoms with Gasteiger partial charge in [-0.1, -0.05) is 221 Å². The molecular weight excluding hydrogens is 781 g/mol. The van der Waals surface area contributed by atoms with E-state index in [0.29, 0.717) is 17.8 Å². The lowest BCUT2D eigenvalue weighted by molar-refractivity contribution is 0.0976. The lowest BCUT2D eigenvalue weighted by Gasteiger charge is -2.54. The zero-order valence-corrected chi connectivity index (χ0v) is 37.7. The molecule has 10 aromatic rings. The summed E-state index contributed by atoms with van der Waals surface area (Å²) in [6.45, 7) is 7.73. The minimum atomic E-state index is -0.0362. The van der Waals surface area contributed by atoms with Crippen LogP contribution in [0.1, 0.15) is 79.3 Å². The number of hydrogen-bond acceptors (Lipinski definition) is 0. The maximum Gasteiger partial charge on any atom is 0.0139 e. The molecule has 0 heterocycles. The summed E-state index contributed by atoms with van der Waals surface area (Å²) < 4.78 is 0. The van der Waals surface area contributed by atoms with Gasteiger partial charge in [0.15, 0.2) is 0 Å². The predicted molar refractivity (Wildman–Crippen MR) is 275 cm³/mol. The van der Waals surface area contributed by atoms with Crippen molar-refractivity contribution < 1.29 is 0 Å². The van der Waals surface area contributed by atoms with Crippen LogP contribution in [0.5, 0.6) is 0 Å². The summed E-state index contributed by atoms with van der Waals surface area (Å²) in [5.41, 5.74) is 14.4. The Morgan fingerprint density at radius 3 is 1.75 bits per heavy atom. The number of fused-ring (bicyclic) bond motifs is 12. The van der Waals surface area contributed by atoms with Crippen LogP contribution in [0.4, 0.5) is 0 Å². The van der Waals surface area contributed by atoms with Crippen molar-refractivity contribution in [2.24, 2.45) is 11.8 Å². The molecule has 314 valence electrons. The van der Waals surface area contributed by atoms with Gasteiger partial charge in [-0.05, 0) is 153 Å². The number of rotatable bonds is 6. The van der Waals surface area contributed by atoms with Crippen LogP contribution >= 0.6 is 0 Å². The van der Waals surface area contributed by atoms with E-state index in [0.717, 1.165) is 19.3 Å². The standard InChI is InChI=1S/C65H54/c1-4-64(46-36-34-43(35-37-46)57-39-59-52-28-13-11-25-49(52)50-26-14-16-31-55(50)62(59)56-32-17-15-29-53(56)57)41-63(3,45-21-6-5-7-22-45)42(2)65(40-61(64)65)60-33-19-18-30-54(60)58-38-44-20-8-9-23-47(44)48-24-10-12-27-51(48)58/h5-37,39,42,58,61H,4,38,40-41H2,1-3H3. The molecule has 6 atom stereocenters. The highest BCUT2D eigenvalue weighted by Gasteiger charge is 2.73. The fourth-order valence-corrected chi connectivity index (χ4v) is 14.4. The second-order valence-corrected chi connectivity index (χ2v) is 20.1. The van der Waals surface area contributed by atoms with E-state index in [9.17, 15) is 0 Å². The van der Waals surface area contributed by atoms with E-state index < -0.39 is 0 Å². The van der Waals surface area contributed by atoms with Crippen molar-refractivity contribution in [3.8, 4) is 22.3 Å². The fraction of sp³-hybridized carbons (Fsp3) is 0.200. The van der Waals surface area contributed by atoms with Gasteiger partial charge in [0.25, 0.3) is 0 Å². The molecule has 2 saturated carbocycles. The molecule has 0 radical (unpaired) electrons. The fourth-order valence-electron chi connectivity index (χ4n) is 14.4. The summed E-state index contributed by atoms with van der Waals surface area (Å²) in [4.78, 5) is 0. The van der Waals surface area contributed by atoms with Crippen molar-refractivity contribution >= 4 is 43.1 Å². The van der Waals surface area contributed by atoms with Crippen LogP contribution in [0.3, 0.4) is 0 Å². The van der Waals surface area contributed by atoms with Gasteiger partial charge in [-0.15, -0.1) is 0 Å². The average Bonchev–Trinajstić information content (AvgIpc) is 4.15. The molecule has 10 aromatic carbocycles. The highest BCUT2D eigenvalue weighted by atomic mass is 14.8. The summed E-state index contributed by atoms with van der Waals surface area (Å²) in [7, 11) is 0. The first-order valence-corrected chi connectivity index (χ1v) is 24.1. The van der Waals surface area contributed by atoms with Crippen LogP contribution in [0, 0.1) is 11.8 Å². The maximum atomic E-state index is 2.62. The van der Waals surface area contributed by atoms with Gasteiger partial charge in [0, 0.05) is 11.3 Å². The zero-order chi connectivity index (χ0) is 43.5. The molecule has 3 aliphatic carbocycles. The Bertz CT molecular complexity index is 3500. The first kappa shape index (κ1) is 38.7. The predicted octanol–water partition coefficient (Wildman–Crippen LogP) is 16.9. The van der Waals surface area contributed by atoms with E-state index >= 15 is 0 Å². The quantitative estimate of drug-likeness (QED) is 0.146. The van der Waals surface area contributed by atoms with Crippen LogP contribution in [-0.2, 0) is 22.7 Å². The normalized spacial score (nSPS) is 24.4. The van der Waals surface area contributed by atoms with E-state index in [1.807, 2.05) is 0 Å².